The van der Waals surface area contributed by atoms with Gasteiger partial charge in [-0.1, -0.05) is 42.0 Å². The SMILES string of the molecule is COc1cccc(C2NNCC2C(=O)NCc2ccc(C)cc2)c1. The molecule has 0 saturated carbocycles. The summed E-state index contributed by atoms with van der Waals surface area (Å²) in [5.74, 6) is 0.670. The molecular weight excluding hydrogens is 302 g/mol. The number of methoxy groups -OCH3 is 1. The van der Waals surface area contributed by atoms with Gasteiger partial charge in [-0.2, -0.15) is 0 Å². The van der Waals surface area contributed by atoms with Gasteiger partial charge in [0.05, 0.1) is 19.1 Å². The maximum Gasteiger partial charge on any atom is 0.226 e. The molecule has 1 fully saturated rings. The Morgan fingerprint density at radius 3 is 2.79 bits per heavy atom. The van der Waals surface area contributed by atoms with E-state index in [-0.39, 0.29) is 17.9 Å². The van der Waals surface area contributed by atoms with Gasteiger partial charge in [-0.25, -0.2) is 5.43 Å². The molecule has 1 aliphatic heterocycles. The first-order valence-corrected chi connectivity index (χ1v) is 8.13. The number of hydrogen-bond donors (Lipinski definition) is 3. The number of hydrazine groups is 1. The summed E-state index contributed by atoms with van der Waals surface area (Å²) >= 11 is 0. The number of ether oxygens (including phenoxy) is 1. The van der Waals surface area contributed by atoms with E-state index in [1.54, 1.807) is 7.11 Å². The molecule has 2 aromatic carbocycles. The van der Waals surface area contributed by atoms with E-state index >= 15 is 0 Å². The highest BCUT2D eigenvalue weighted by atomic mass is 16.5. The van der Waals surface area contributed by atoms with E-state index in [4.69, 9.17) is 4.74 Å². The van der Waals surface area contributed by atoms with Gasteiger partial charge in [0.15, 0.2) is 0 Å². The predicted octanol–water partition coefficient (Wildman–Crippen LogP) is 2.09. The summed E-state index contributed by atoms with van der Waals surface area (Å²) in [5.41, 5.74) is 9.64. The summed E-state index contributed by atoms with van der Waals surface area (Å²) in [6, 6.07) is 15.9. The number of nitrogens with one attached hydrogen (secondary N) is 3. The Hall–Kier alpha value is -2.37. The van der Waals surface area contributed by atoms with E-state index in [0.29, 0.717) is 13.1 Å². The van der Waals surface area contributed by atoms with Crippen molar-refractivity contribution in [3.05, 3.63) is 65.2 Å². The largest absolute Gasteiger partial charge is 0.497 e. The highest BCUT2D eigenvalue weighted by Gasteiger charge is 2.33. The quantitative estimate of drug-likeness (QED) is 0.788. The molecule has 3 rings (SSSR count). The first-order valence-electron chi connectivity index (χ1n) is 8.13. The molecule has 2 aromatic rings. The normalized spacial score (nSPS) is 19.9. The second kappa shape index (κ2) is 7.47. The van der Waals surface area contributed by atoms with Gasteiger partial charge < -0.3 is 10.1 Å². The van der Waals surface area contributed by atoms with E-state index < -0.39 is 0 Å². The van der Waals surface area contributed by atoms with Crippen LogP contribution in [0.1, 0.15) is 22.7 Å². The topological polar surface area (TPSA) is 62.4 Å². The first-order chi connectivity index (χ1) is 11.7. The Kier molecular flexibility index (Phi) is 5.13. The summed E-state index contributed by atoms with van der Waals surface area (Å²) in [6.07, 6.45) is 0. The van der Waals surface area contributed by atoms with Crippen molar-refractivity contribution in [1.29, 1.82) is 0 Å². The molecule has 2 unspecified atom stereocenters. The van der Waals surface area contributed by atoms with Gasteiger partial charge in [0.25, 0.3) is 0 Å². The molecule has 0 aromatic heterocycles. The molecule has 1 saturated heterocycles. The minimum atomic E-state index is -0.164. The summed E-state index contributed by atoms with van der Waals surface area (Å²) in [7, 11) is 1.64. The van der Waals surface area contributed by atoms with Crippen molar-refractivity contribution >= 4 is 5.91 Å². The second-order valence-corrected chi connectivity index (χ2v) is 6.09. The van der Waals surface area contributed by atoms with Gasteiger partial charge in [0.1, 0.15) is 5.75 Å². The maximum absolute atomic E-state index is 12.6. The van der Waals surface area contributed by atoms with Gasteiger partial charge in [0, 0.05) is 13.1 Å². The zero-order valence-electron chi connectivity index (χ0n) is 14.0. The van der Waals surface area contributed by atoms with Crippen LogP contribution in [0.4, 0.5) is 0 Å². The number of amides is 1. The van der Waals surface area contributed by atoms with Crippen molar-refractivity contribution in [3.63, 3.8) is 0 Å². The molecule has 1 heterocycles. The van der Waals surface area contributed by atoms with Crippen LogP contribution in [0.3, 0.4) is 0 Å². The molecule has 24 heavy (non-hydrogen) atoms. The Labute approximate surface area is 142 Å². The Bertz CT molecular complexity index is 700. The van der Waals surface area contributed by atoms with E-state index in [1.165, 1.54) is 5.56 Å². The molecule has 0 radical (unpaired) electrons. The van der Waals surface area contributed by atoms with Crippen LogP contribution in [0, 0.1) is 12.8 Å². The van der Waals surface area contributed by atoms with E-state index in [9.17, 15) is 4.79 Å². The predicted molar refractivity (Wildman–Crippen MR) is 93.4 cm³/mol. The first kappa shape index (κ1) is 16.5. The van der Waals surface area contributed by atoms with Crippen molar-refractivity contribution in [2.45, 2.75) is 19.5 Å². The molecule has 0 spiro atoms. The van der Waals surface area contributed by atoms with Crippen molar-refractivity contribution in [1.82, 2.24) is 16.2 Å². The molecule has 1 amide bonds. The fourth-order valence-electron chi connectivity index (χ4n) is 2.92. The highest BCUT2D eigenvalue weighted by Crippen LogP contribution is 2.27. The minimum absolute atomic E-state index is 0.0425. The Morgan fingerprint density at radius 2 is 2.04 bits per heavy atom. The smallest absolute Gasteiger partial charge is 0.226 e. The van der Waals surface area contributed by atoms with Gasteiger partial charge in [-0.05, 0) is 30.2 Å². The van der Waals surface area contributed by atoms with Crippen LogP contribution in [-0.2, 0) is 11.3 Å². The van der Waals surface area contributed by atoms with Crippen LogP contribution in [-0.4, -0.2) is 19.6 Å². The minimum Gasteiger partial charge on any atom is -0.497 e. The molecule has 2 atom stereocenters. The lowest BCUT2D eigenvalue weighted by atomic mass is 9.94. The van der Waals surface area contributed by atoms with E-state index in [1.807, 2.05) is 36.4 Å². The van der Waals surface area contributed by atoms with E-state index in [2.05, 4.69) is 35.2 Å². The molecule has 0 aliphatic carbocycles. The van der Waals surface area contributed by atoms with Crippen molar-refractivity contribution in [3.8, 4) is 5.75 Å². The number of carbonyl (C=O) groups is 1. The summed E-state index contributed by atoms with van der Waals surface area (Å²) in [4.78, 5) is 12.6. The lowest BCUT2D eigenvalue weighted by Crippen LogP contribution is -2.34. The molecule has 0 bridgehead atoms. The summed E-state index contributed by atoms with van der Waals surface area (Å²) < 4.78 is 5.28. The van der Waals surface area contributed by atoms with Crippen LogP contribution >= 0.6 is 0 Å². The Balaban J connectivity index is 1.65. The summed E-state index contributed by atoms with van der Waals surface area (Å²) in [5, 5.41) is 3.04. The number of carbonyl (C=O) groups excluding carboxylic acids is 1. The maximum atomic E-state index is 12.6. The van der Waals surface area contributed by atoms with Crippen LogP contribution in [0.2, 0.25) is 0 Å². The van der Waals surface area contributed by atoms with Crippen LogP contribution in [0.15, 0.2) is 48.5 Å². The monoisotopic (exact) mass is 325 g/mol. The molecule has 126 valence electrons. The average molecular weight is 325 g/mol. The third-order valence-corrected chi connectivity index (χ3v) is 4.36. The molecule has 3 N–H and O–H groups in total. The molecule has 1 aliphatic rings. The number of aryl methyl sites for hydroxylation is 1. The van der Waals surface area contributed by atoms with Crippen molar-refractivity contribution < 1.29 is 9.53 Å². The van der Waals surface area contributed by atoms with Crippen molar-refractivity contribution in [2.75, 3.05) is 13.7 Å². The standard InChI is InChI=1S/C19H23N3O2/c1-13-6-8-14(9-7-13)11-20-19(23)17-12-21-22-18(17)15-4-3-5-16(10-15)24-2/h3-10,17-18,21-22H,11-12H2,1-2H3,(H,20,23). The highest BCUT2D eigenvalue weighted by molar-refractivity contribution is 5.80. The third-order valence-electron chi connectivity index (χ3n) is 4.36. The fraction of sp³-hybridized carbons (Fsp3) is 0.316. The van der Waals surface area contributed by atoms with Gasteiger partial charge in [0.2, 0.25) is 5.91 Å². The zero-order chi connectivity index (χ0) is 16.9. The lowest BCUT2D eigenvalue weighted by molar-refractivity contribution is -0.125. The third kappa shape index (κ3) is 3.75. The number of rotatable bonds is 5. The number of benzene rings is 2. The molecule has 5 nitrogen and oxygen atoms in total. The van der Waals surface area contributed by atoms with Crippen LogP contribution < -0.4 is 20.9 Å². The van der Waals surface area contributed by atoms with Crippen LogP contribution in [0.5, 0.6) is 5.75 Å². The average Bonchev–Trinajstić information content (AvgIpc) is 3.11. The van der Waals surface area contributed by atoms with Crippen molar-refractivity contribution in [2.24, 2.45) is 5.92 Å². The van der Waals surface area contributed by atoms with Crippen LogP contribution in [0.25, 0.3) is 0 Å². The summed E-state index contributed by atoms with van der Waals surface area (Å²) in [6.45, 7) is 3.19. The molecular formula is C19H23N3O2. The molecule has 5 heteroatoms. The Morgan fingerprint density at radius 1 is 1.25 bits per heavy atom. The second-order valence-electron chi connectivity index (χ2n) is 6.09. The van der Waals surface area contributed by atoms with Gasteiger partial charge >= 0.3 is 0 Å². The van der Waals surface area contributed by atoms with Gasteiger partial charge in [-0.3, -0.25) is 10.2 Å². The zero-order valence-corrected chi connectivity index (χ0v) is 14.0. The fourth-order valence-corrected chi connectivity index (χ4v) is 2.92. The van der Waals surface area contributed by atoms with E-state index in [0.717, 1.165) is 16.9 Å². The lowest BCUT2D eigenvalue weighted by Gasteiger charge is -2.19. The van der Waals surface area contributed by atoms with Gasteiger partial charge in [-0.15, -0.1) is 0 Å². The number of hydrogen-bond acceptors (Lipinski definition) is 4.